The lowest BCUT2D eigenvalue weighted by atomic mass is 9.74. The van der Waals surface area contributed by atoms with Crippen molar-refractivity contribution in [3.05, 3.63) is 35.9 Å². The number of piperidine rings is 1. The highest BCUT2D eigenvalue weighted by atomic mass is 16.5. The second kappa shape index (κ2) is 7.37. The number of carbonyl (C=O) groups excluding carboxylic acids is 2. The maximum atomic E-state index is 12.5. The highest BCUT2D eigenvalue weighted by Crippen LogP contribution is 2.33. The van der Waals surface area contributed by atoms with Gasteiger partial charge in [-0.2, -0.15) is 0 Å². The van der Waals surface area contributed by atoms with Gasteiger partial charge in [0.15, 0.2) is 5.78 Å². The third-order valence-corrected chi connectivity index (χ3v) is 4.17. The van der Waals surface area contributed by atoms with Crippen molar-refractivity contribution in [3.63, 3.8) is 0 Å². The predicted octanol–water partition coefficient (Wildman–Crippen LogP) is 1.49. The van der Waals surface area contributed by atoms with Gasteiger partial charge in [-0.15, -0.1) is 0 Å². The van der Waals surface area contributed by atoms with Gasteiger partial charge in [-0.05, 0) is 18.9 Å². The highest BCUT2D eigenvalue weighted by molar-refractivity contribution is 6.07. The minimum atomic E-state index is -1.65. The normalized spacial score (nSPS) is 21.9. The van der Waals surface area contributed by atoms with Crippen LogP contribution in [0, 0.1) is 5.41 Å². The van der Waals surface area contributed by atoms with E-state index in [-0.39, 0.29) is 19.6 Å². The van der Waals surface area contributed by atoms with E-state index in [2.05, 4.69) is 0 Å². The Bertz CT molecular complexity index is 586. The van der Waals surface area contributed by atoms with Crippen LogP contribution in [0.5, 0.6) is 0 Å². The fraction of sp³-hybridized carbons (Fsp3) is 0.471. The third-order valence-electron chi connectivity index (χ3n) is 4.17. The van der Waals surface area contributed by atoms with Crippen molar-refractivity contribution in [3.8, 4) is 0 Å². The van der Waals surface area contributed by atoms with E-state index in [0.717, 1.165) is 5.56 Å². The largest absolute Gasteiger partial charge is 0.480 e. The molecule has 1 fully saturated rings. The molecule has 6 nitrogen and oxygen atoms in total. The molecule has 0 spiro atoms. The summed E-state index contributed by atoms with van der Waals surface area (Å²) in [5.74, 6) is -2.31. The molecule has 2 rings (SSSR count). The smallest absolute Gasteiger partial charge is 0.317 e. The SMILES string of the molecule is CCOC(=O)CC1(C(=O)O)CCN(Cc2ccccc2)CC1=O. The summed E-state index contributed by atoms with van der Waals surface area (Å²) in [5.41, 5.74) is -0.590. The number of benzene rings is 1. The zero-order valence-electron chi connectivity index (χ0n) is 13.2. The number of likely N-dealkylation sites (tertiary alicyclic amines) is 1. The summed E-state index contributed by atoms with van der Waals surface area (Å²) < 4.78 is 4.82. The number of esters is 1. The number of carboxylic acids is 1. The van der Waals surface area contributed by atoms with Crippen LogP contribution in [-0.2, 0) is 25.7 Å². The molecule has 6 heteroatoms. The first kappa shape index (κ1) is 17.1. The first-order chi connectivity index (χ1) is 11.0. The Labute approximate surface area is 135 Å². The van der Waals surface area contributed by atoms with Crippen LogP contribution < -0.4 is 0 Å². The van der Waals surface area contributed by atoms with Crippen molar-refractivity contribution < 1.29 is 24.2 Å². The summed E-state index contributed by atoms with van der Waals surface area (Å²) in [7, 11) is 0. The van der Waals surface area contributed by atoms with Crippen LogP contribution in [0.25, 0.3) is 0 Å². The van der Waals surface area contributed by atoms with Crippen LogP contribution in [-0.4, -0.2) is 47.4 Å². The van der Waals surface area contributed by atoms with E-state index >= 15 is 0 Å². The van der Waals surface area contributed by atoms with Gasteiger partial charge in [0, 0.05) is 13.1 Å². The van der Waals surface area contributed by atoms with Gasteiger partial charge in [0.05, 0.1) is 19.6 Å². The Balaban J connectivity index is 2.06. The van der Waals surface area contributed by atoms with Crippen molar-refractivity contribution in [2.45, 2.75) is 26.3 Å². The van der Waals surface area contributed by atoms with Crippen LogP contribution in [0.3, 0.4) is 0 Å². The molecule has 0 bridgehead atoms. The molecular formula is C17H21NO5. The van der Waals surface area contributed by atoms with Crippen LogP contribution in [0.1, 0.15) is 25.3 Å². The molecule has 0 aromatic heterocycles. The van der Waals surface area contributed by atoms with Gasteiger partial charge >= 0.3 is 11.9 Å². The van der Waals surface area contributed by atoms with Gasteiger partial charge in [-0.1, -0.05) is 30.3 Å². The number of nitrogens with zero attached hydrogens (tertiary/aromatic N) is 1. The lowest BCUT2D eigenvalue weighted by Crippen LogP contribution is -2.52. The zero-order valence-corrected chi connectivity index (χ0v) is 13.2. The number of carbonyl (C=O) groups is 3. The number of hydrogen-bond acceptors (Lipinski definition) is 5. The van der Waals surface area contributed by atoms with Crippen molar-refractivity contribution in [1.82, 2.24) is 4.90 Å². The van der Waals surface area contributed by atoms with Gasteiger partial charge < -0.3 is 9.84 Å². The molecule has 0 radical (unpaired) electrons. The molecule has 1 saturated heterocycles. The summed E-state index contributed by atoms with van der Waals surface area (Å²) in [5, 5.41) is 9.51. The van der Waals surface area contributed by atoms with Crippen LogP contribution in [0.15, 0.2) is 30.3 Å². The number of hydrogen-bond donors (Lipinski definition) is 1. The maximum absolute atomic E-state index is 12.5. The molecule has 0 saturated carbocycles. The number of Topliss-reactive ketones (excluding diaryl/α,β-unsaturated/α-hetero) is 1. The number of rotatable bonds is 6. The molecule has 124 valence electrons. The molecule has 1 aliphatic rings. The standard InChI is InChI=1S/C17H21NO5/c1-2-23-15(20)10-17(16(21)22)8-9-18(12-14(17)19)11-13-6-4-3-5-7-13/h3-7H,2,8-12H2,1H3,(H,21,22). The summed E-state index contributed by atoms with van der Waals surface area (Å²) in [6, 6.07) is 9.68. The van der Waals surface area contributed by atoms with Crippen molar-refractivity contribution in [2.24, 2.45) is 5.41 Å². The molecule has 0 amide bonds. The van der Waals surface area contributed by atoms with Crippen molar-refractivity contribution >= 4 is 17.7 Å². The third kappa shape index (κ3) is 3.96. The second-order valence-corrected chi connectivity index (χ2v) is 5.74. The van der Waals surface area contributed by atoms with E-state index in [9.17, 15) is 19.5 Å². The fourth-order valence-corrected chi connectivity index (χ4v) is 2.85. The number of carboxylic acid groups (broad SMARTS) is 1. The van der Waals surface area contributed by atoms with Gasteiger partial charge in [-0.25, -0.2) is 0 Å². The van der Waals surface area contributed by atoms with Gasteiger partial charge in [-0.3, -0.25) is 19.3 Å². The van der Waals surface area contributed by atoms with Crippen LogP contribution >= 0.6 is 0 Å². The summed E-state index contributed by atoms with van der Waals surface area (Å²) in [4.78, 5) is 37.7. The first-order valence-corrected chi connectivity index (χ1v) is 7.66. The predicted molar refractivity (Wildman–Crippen MR) is 82.7 cm³/mol. The molecule has 1 aromatic rings. The van der Waals surface area contributed by atoms with E-state index in [1.807, 2.05) is 35.2 Å². The Morgan fingerprint density at radius 3 is 2.57 bits per heavy atom. The fourth-order valence-electron chi connectivity index (χ4n) is 2.85. The van der Waals surface area contributed by atoms with E-state index in [0.29, 0.717) is 13.1 Å². The number of aliphatic carboxylic acids is 1. The summed E-state index contributed by atoms with van der Waals surface area (Å²) in [6.45, 7) is 2.88. The molecule has 1 aromatic carbocycles. The quantitative estimate of drug-likeness (QED) is 0.632. The van der Waals surface area contributed by atoms with Crippen molar-refractivity contribution in [1.29, 1.82) is 0 Å². The Hall–Kier alpha value is -2.21. The molecule has 1 aliphatic heterocycles. The Morgan fingerprint density at radius 2 is 2.00 bits per heavy atom. The van der Waals surface area contributed by atoms with E-state index in [1.165, 1.54) is 0 Å². The van der Waals surface area contributed by atoms with Crippen LogP contribution in [0.2, 0.25) is 0 Å². The van der Waals surface area contributed by atoms with Gasteiger partial charge in [0.1, 0.15) is 5.41 Å². The minimum Gasteiger partial charge on any atom is -0.480 e. The molecule has 1 unspecified atom stereocenters. The van der Waals surface area contributed by atoms with Crippen molar-refractivity contribution in [2.75, 3.05) is 19.7 Å². The molecule has 1 atom stereocenters. The van der Waals surface area contributed by atoms with E-state index < -0.39 is 29.6 Å². The highest BCUT2D eigenvalue weighted by Gasteiger charge is 2.50. The lowest BCUT2D eigenvalue weighted by Gasteiger charge is -2.36. The first-order valence-electron chi connectivity index (χ1n) is 7.66. The summed E-state index contributed by atoms with van der Waals surface area (Å²) >= 11 is 0. The van der Waals surface area contributed by atoms with Gasteiger partial charge in [0.2, 0.25) is 0 Å². The second-order valence-electron chi connectivity index (χ2n) is 5.74. The number of ketones is 1. The minimum absolute atomic E-state index is 0.0284. The number of ether oxygens (including phenoxy) is 1. The Morgan fingerprint density at radius 1 is 1.30 bits per heavy atom. The molecule has 0 aliphatic carbocycles. The molecular weight excluding hydrogens is 298 g/mol. The molecule has 1 heterocycles. The average molecular weight is 319 g/mol. The average Bonchev–Trinajstić information content (AvgIpc) is 2.51. The molecule has 1 N–H and O–H groups in total. The summed E-state index contributed by atoms with van der Waals surface area (Å²) in [6.07, 6.45) is -0.277. The van der Waals surface area contributed by atoms with Gasteiger partial charge in [0.25, 0.3) is 0 Å². The van der Waals surface area contributed by atoms with E-state index in [4.69, 9.17) is 4.74 Å². The maximum Gasteiger partial charge on any atom is 0.317 e. The zero-order chi connectivity index (χ0) is 16.9. The van der Waals surface area contributed by atoms with E-state index in [1.54, 1.807) is 6.92 Å². The Kier molecular flexibility index (Phi) is 5.50. The van der Waals surface area contributed by atoms with Crippen LogP contribution in [0.4, 0.5) is 0 Å². The lowest BCUT2D eigenvalue weighted by molar-refractivity contribution is -0.166. The monoisotopic (exact) mass is 319 g/mol. The topological polar surface area (TPSA) is 83.9 Å². The molecule has 23 heavy (non-hydrogen) atoms.